The molecule has 0 aromatic carbocycles. The Balaban J connectivity index is 2.02. The lowest BCUT2D eigenvalue weighted by Gasteiger charge is -2.48. The summed E-state index contributed by atoms with van der Waals surface area (Å²) in [5, 5.41) is 3.78. The Labute approximate surface area is 119 Å². The van der Waals surface area contributed by atoms with E-state index < -0.39 is 0 Å². The molecule has 0 bridgehead atoms. The highest BCUT2D eigenvalue weighted by Gasteiger charge is 2.35. The van der Waals surface area contributed by atoms with Crippen LogP contribution in [0.1, 0.15) is 46.5 Å². The molecule has 0 radical (unpaired) electrons. The quantitative estimate of drug-likeness (QED) is 0.842. The van der Waals surface area contributed by atoms with Crippen LogP contribution in [0.25, 0.3) is 0 Å². The predicted octanol–water partition coefficient (Wildman–Crippen LogP) is 2.18. The van der Waals surface area contributed by atoms with Crippen LogP contribution in [0.3, 0.4) is 0 Å². The van der Waals surface area contributed by atoms with Gasteiger partial charge in [0.2, 0.25) is 0 Å². The first-order valence-electron chi connectivity index (χ1n) is 8.29. The highest BCUT2D eigenvalue weighted by Crippen LogP contribution is 2.24. The van der Waals surface area contributed by atoms with Gasteiger partial charge in [-0.3, -0.25) is 4.90 Å². The molecule has 3 nitrogen and oxygen atoms in total. The lowest BCUT2D eigenvalue weighted by molar-refractivity contribution is 0.0220. The van der Waals surface area contributed by atoms with Crippen LogP contribution >= 0.6 is 0 Å². The summed E-state index contributed by atoms with van der Waals surface area (Å²) in [5.74, 6) is 0.752. The Morgan fingerprint density at radius 1 is 1.26 bits per heavy atom. The van der Waals surface area contributed by atoms with Crippen LogP contribution < -0.4 is 5.32 Å². The Bertz CT molecular complexity index is 267. The van der Waals surface area contributed by atoms with Crippen molar-refractivity contribution in [1.29, 1.82) is 0 Å². The highest BCUT2D eigenvalue weighted by atomic mass is 15.3. The normalized spacial score (nSPS) is 34.9. The average molecular weight is 267 g/mol. The molecule has 0 aromatic heterocycles. The van der Waals surface area contributed by atoms with Crippen molar-refractivity contribution in [3.05, 3.63) is 0 Å². The maximum absolute atomic E-state index is 3.78. The number of piperazine rings is 1. The van der Waals surface area contributed by atoms with Crippen molar-refractivity contribution in [3.63, 3.8) is 0 Å². The van der Waals surface area contributed by atoms with Gasteiger partial charge in [0.25, 0.3) is 0 Å². The number of hydrogen-bond acceptors (Lipinski definition) is 3. The SMILES string of the molecule is CCCC1CN(C2CCCN(C)C2)C(C(C)C)CN1. The lowest BCUT2D eigenvalue weighted by atomic mass is 9.92. The zero-order valence-electron chi connectivity index (χ0n) is 13.4. The second kappa shape index (κ2) is 7.05. The first-order chi connectivity index (χ1) is 9.11. The molecule has 2 rings (SSSR count). The monoisotopic (exact) mass is 267 g/mol. The second-order valence-electron chi connectivity index (χ2n) is 6.96. The summed E-state index contributed by atoms with van der Waals surface area (Å²) >= 11 is 0. The van der Waals surface area contributed by atoms with Crippen molar-refractivity contribution in [2.45, 2.75) is 64.6 Å². The van der Waals surface area contributed by atoms with E-state index in [0.717, 1.165) is 18.0 Å². The van der Waals surface area contributed by atoms with Crippen molar-refractivity contribution < 1.29 is 0 Å². The van der Waals surface area contributed by atoms with E-state index in [2.05, 4.69) is 42.9 Å². The van der Waals surface area contributed by atoms with E-state index in [1.54, 1.807) is 0 Å². The number of likely N-dealkylation sites (N-methyl/N-ethyl adjacent to an activating group) is 1. The van der Waals surface area contributed by atoms with Gasteiger partial charge in [0.05, 0.1) is 0 Å². The number of piperidine rings is 1. The van der Waals surface area contributed by atoms with Crippen LogP contribution in [0.4, 0.5) is 0 Å². The molecule has 1 N–H and O–H groups in total. The van der Waals surface area contributed by atoms with Gasteiger partial charge in [-0.05, 0) is 38.8 Å². The van der Waals surface area contributed by atoms with Crippen molar-refractivity contribution in [3.8, 4) is 0 Å². The van der Waals surface area contributed by atoms with Crippen LogP contribution in [0.5, 0.6) is 0 Å². The Hall–Kier alpha value is -0.120. The molecule has 2 saturated heterocycles. The molecule has 0 aromatic rings. The largest absolute Gasteiger partial charge is 0.311 e. The van der Waals surface area contributed by atoms with Crippen molar-refractivity contribution in [2.75, 3.05) is 33.2 Å². The van der Waals surface area contributed by atoms with Crippen molar-refractivity contribution >= 4 is 0 Å². The van der Waals surface area contributed by atoms with Crippen LogP contribution in [0.15, 0.2) is 0 Å². The maximum atomic E-state index is 3.78. The topological polar surface area (TPSA) is 18.5 Å². The zero-order valence-corrected chi connectivity index (χ0v) is 13.4. The smallest absolute Gasteiger partial charge is 0.0247 e. The molecule has 3 heteroatoms. The molecular formula is C16H33N3. The zero-order chi connectivity index (χ0) is 13.8. The summed E-state index contributed by atoms with van der Waals surface area (Å²) < 4.78 is 0. The molecule has 2 heterocycles. The van der Waals surface area contributed by atoms with E-state index in [-0.39, 0.29) is 0 Å². The first-order valence-corrected chi connectivity index (χ1v) is 8.29. The molecule has 3 unspecified atom stereocenters. The molecule has 2 aliphatic heterocycles. The van der Waals surface area contributed by atoms with Crippen molar-refractivity contribution in [1.82, 2.24) is 15.1 Å². The summed E-state index contributed by atoms with van der Waals surface area (Å²) in [7, 11) is 2.28. The predicted molar refractivity (Wildman–Crippen MR) is 82.5 cm³/mol. The summed E-state index contributed by atoms with van der Waals surface area (Å²) in [5.41, 5.74) is 0. The summed E-state index contributed by atoms with van der Waals surface area (Å²) in [6, 6.07) is 2.23. The Morgan fingerprint density at radius 3 is 2.68 bits per heavy atom. The summed E-state index contributed by atoms with van der Waals surface area (Å²) in [6.07, 6.45) is 5.38. The first kappa shape index (κ1) is 15.3. The van der Waals surface area contributed by atoms with E-state index in [9.17, 15) is 0 Å². The van der Waals surface area contributed by atoms with Gasteiger partial charge in [0.1, 0.15) is 0 Å². The van der Waals surface area contributed by atoms with Gasteiger partial charge in [-0.25, -0.2) is 0 Å². The molecule has 0 amide bonds. The fourth-order valence-electron chi connectivity index (χ4n) is 3.85. The van der Waals surface area contributed by atoms with Gasteiger partial charge < -0.3 is 10.2 Å². The highest BCUT2D eigenvalue weighted by molar-refractivity contribution is 4.93. The van der Waals surface area contributed by atoms with Crippen LogP contribution in [0.2, 0.25) is 0 Å². The van der Waals surface area contributed by atoms with E-state index in [0.29, 0.717) is 6.04 Å². The number of nitrogens with zero attached hydrogens (tertiary/aromatic N) is 2. The van der Waals surface area contributed by atoms with Gasteiger partial charge in [0, 0.05) is 37.8 Å². The third kappa shape index (κ3) is 3.93. The van der Waals surface area contributed by atoms with Gasteiger partial charge in [-0.15, -0.1) is 0 Å². The van der Waals surface area contributed by atoms with Crippen molar-refractivity contribution in [2.24, 2.45) is 5.92 Å². The second-order valence-corrected chi connectivity index (χ2v) is 6.96. The van der Waals surface area contributed by atoms with Crippen LogP contribution in [-0.4, -0.2) is 61.2 Å². The maximum Gasteiger partial charge on any atom is 0.0247 e. The Morgan fingerprint density at radius 2 is 2.05 bits per heavy atom. The van der Waals surface area contributed by atoms with E-state index in [4.69, 9.17) is 0 Å². The van der Waals surface area contributed by atoms with E-state index in [1.807, 2.05) is 0 Å². The fourth-order valence-corrected chi connectivity index (χ4v) is 3.85. The van der Waals surface area contributed by atoms with Gasteiger partial charge >= 0.3 is 0 Å². The summed E-state index contributed by atoms with van der Waals surface area (Å²) in [6.45, 7) is 12.1. The number of likely N-dealkylation sites (tertiary alicyclic amines) is 1. The average Bonchev–Trinajstić information content (AvgIpc) is 2.39. The molecule has 0 spiro atoms. The molecule has 2 fully saturated rings. The van der Waals surface area contributed by atoms with Gasteiger partial charge in [-0.2, -0.15) is 0 Å². The van der Waals surface area contributed by atoms with E-state index >= 15 is 0 Å². The third-order valence-electron chi connectivity index (χ3n) is 4.95. The molecule has 3 atom stereocenters. The van der Waals surface area contributed by atoms with Crippen LogP contribution in [0, 0.1) is 5.92 Å². The molecule has 0 saturated carbocycles. The number of rotatable bonds is 4. The summed E-state index contributed by atoms with van der Waals surface area (Å²) in [4.78, 5) is 5.36. The Kier molecular flexibility index (Phi) is 5.67. The molecule has 2 aliphatic rings. The standard InChI is InChI=1S/C16H33N3/c1-5-7-14-11-19(16(10-17-14)13(2)3)15-8-6-9-18(4)12-15/h13-17H,5-12H2,1-4H3. The number of nitrogens with one attached hydrogen (secondary N) is 1. The van der Waals surface area contributed by atoms with Gasteiger partial charge in [-0.1, -0.05) is 27.2 Å². The molecular weight excluding hydrogens is 234 g/mol. The fraction of sp³-hybridized carbons (Fsp3) is 1.00. The minimum Gasteiger partial charge on any atom is -0.311 e. The molecule has 0 aliphatic carbocycles. The molecule has 112 valence electrons. The van der Waals surface area contributed by atoms with Crippen LogP contribution in [-0.2, 0) is 0 Å². The lowest BCUT2D eigenvalue weighted by Crippen LogP contribution is -2.63. The minimum atomic E-state index is 0.715. The minimum absolute atomic E-state index is 0.715. The molecule has 19 heavy (non-hydrogen) atoms. The van der Waals surface area contributed by atoms with E-state index in [1.165, 1.54) is 51.9 Å². The van der Waals surface area contributed by atoms with Gasteiger partial charge in [0.15, 0.2) is 0 Å². The third-order valence-corrected chi connectivity index (χ3v) is 4.95. The number of hydrogen-bond donors (Lipinski definition) is 1.